The molecule has 1 aromatic heterocycles. The molecule has 0 spiro atoms. The lowest BCUT2D eigenvalue weighted by atomic mass is 10.0. The van der Waals surface area contributed by atoms with Crippen molar-refractivity contribution in [2.45, 2.75) is 64.2 Å². The van der Waals surface area contributed by atoms with Crippen LogP contribution in [0.25, 0.3) is 0 Å². The van der Waals surface area contributed by atoms with E-state index in [1.54, 1.807) is 0 Å². The zero-order valence-electron chi connectivity index (χ0n) is 11.8. The first-order chi connectivity index (χ1) is 9.22. The van der Waals surface area contributed by atoms with Crippen molar-refractivity contribution in [1.82, 2.24) is 14.8 Å². The van der Waals surface area contributed by atoms with Gasteiger partial charge in [0.05, 0.1) is 5.60 Å². The highest BCUT2D eigenvalue weighted by atomic mass is 16.5. The average molecular weight is 264 g/mol. The van der Waals surface area contributed by atoms with Gasteiger partial charge in [0.2, 0.25) is 0 Å². The highest BCUT2D eigenvalue weighted by molar-refractivity contribution is 4.99. The molecule has 2 unspecified atom stereocenters. The summed E-state index contributed by atoms with van der Waals surface area (Å²) in [5.74, 6) is 2.81. The highest BCUT2D eigenvalue weighted by Crippen LogP contribution is 2.37. The maximum absolute atomic E-state index is 6.17. The molecule has 0 aromatic carbocycles. The third kappa shape index (κ3) is 2.54. The van der Waals surface area contributed by atoms with E-state index in [0.29, 0.717) is 13.2 Å². The fourth-order valence-electron chi connectivity index (χ4n) is 3.42. The quantitative estimate of drug-likeness (QED) is 0.898. The van der Waals surface area contributed by atoms with Gasteiger partial charge in [-0.05, 0) is 38.0 Å². The predicted molar refractivity (Wildman–Crippen MR) is 72.5 cm³/mol. The molecular weight excluding hydrogens is 240 g/mol. The van der Waals surface area contributed by atoms with E-state index in [1.807, 2.05) is 0 Å². The van der Waals surface area contributed by atoms with E-state index >= 15 is 0 Å². The summed E-state index contributed by atoms with van der Waals surface area (Å²) in [7, 11) is 0. The fourth-order valence-corrected chi connectivity index (χ4v) is 3.42. The van der Waals surface area contributed by atoms with E-state index in [-0.39, 0.29) is 5.60 Å². The van der Waals surface area contributed by atoms with E-state index in [9.17, 15) is 0 Å². The monoisotopic (exact) mass is 264 g/mol. The number of hydrogen-bond acceptors (Lipinski definition) is 4. The van der Waals surface area contributed by atoms with Gasteiger partial charge < -0.3 is 15.0 Å². The molecule has 3 rings (SSSR count). The Morgan fingerprint density at radius 1 is 1.42 bits per heavy atom. The molecule has 0 bridgehead atoms. The first-order valence-corrected chi connectivity index (χ1v) is 7.47. The summed E-state index contributed by atoms with van der Waals surface area (Å²) in [5, 5.41) is 8.56. The summed E-state index contributed by atoms with van der Waals surface area (Å²) in [4.78, 5) is 0. The molecule has 2 atom stereocenters. The van der Waals surface area contributed by atoms with E-state index in [4.69, 9.17) is 10.5 Å². The number of hydrogen-bond donors (Lipinski definition) is 1. The maximum Gasteiger partial charge on any atom is 0.159 e. The van der Waals surface area contributed by atoms with Gasteiger partial charge in [-0.25, -0.2) is 0 Å². The Hall–Kier alpha value is -0.940. The molecule has 1 saturated carbocycles. The summed E-state index contributed by atoms with van der Waals surface area (Å²) < 4.78 is 8.40. The predicted octanol–water partition coefficient (Wildman–Crippen LogP) is 1.65. The van der Waals surface area contributed by atoms with Crippen LogP contribution < -0.4 is 5.73 Å². The smallest absolute Gasteiger partial charge is 0.159 e. The van der Waals surface area contributed by atoms with Crippen molar-refractivity contribution in [3.63, 3.8) is 0 Å². The second kappa shape index (κ2) is 5.21. The van der Waals surface area contributed by atoms with Gasteiger partial charge in [-0.15, -0.1) is 10.2 Å². The van der Waals surface area contributed by atoms with Crippen LogP contribution in [0.4, 0.5) is 0 Å². The minimum absolute atomic E-state index is 0.125. The van der Waals surface area contributed by atoms with Gasteiger partial charge in [-0.2, -0.15) is 0 Å². The summed E-state index contributed by atoms with van der Waals surface area (Å²) in [6.45, 7) is 4.47. The van der Waals surface area contributed by atoms with Crippen molar-refractivity contribution in [3.8, 4) is 0 Å². The van der Waals surface area contributed by atoms with Crippen molar-refractivity contribution >= 4 is 0 Å². The largest absolute Gasteiger partial charge is 0.366 e. The number of aromatic nitrogens is 3. The van der Waals surface area contributed by atoms with Crippen LogP contribution in [-0.4, -0.2) is 26.9 Å². The van der Waals surface area contributed by atoms with Gasteiger partial charge >= 0.3 is 0 Å². The van der Waals surface area contributed by atoms with Gasteiger partial charge in [0.1, 0.15) is 12.4 Å². The van der Waals surface area contributed by atoms with E-state index in [1.165, 1.54) is 19.3 Å². The molecule has 1 fully saturated rings. The SMILES string of the molecule is CC1CCC(CN)(OCc2nnc3n2CCCC3)C1. The number of rotatable bonds is 4. The van der Waals surface area contributed by atoms with Crippen molar-refractivity contribution in [3.05, 3.63) is 11.6 Å². The fraction of sp³-hybridized carbons (Fsp3) is 0.857. The minimum Gasteiger partial charge on any atom is -0.366 e. The molecule has 1 aliphatic carbocycles. The van der Waals surface area contributed by atoms with Crippen LogP contribution in [0, 0.1) is 5.92 Å². The number of nitrogens with zero attached hydrogens (tertiary/aromatic N) is 3. The first kappa shape index (κ1) is 13.1. The van der Waals surface area contributed by atoms with Gasteiger partial charge in [-0.1, -0.05) is 6.92 Å². The van der Waals surface area contributed by atoms with Crippen molar-refractivity contribution in [1.29, 1.82) is 0 Å². The molecule has 2 aliphatic rings. The maximum atomic E-state index is 6.17. The molecular formula is C14H24N4O. The van der Waals surface area contributed by atoms with Crippen molar-refractivity contribution < 1.29 is 4.74 Å². The van der Waals surface area contributed by atoms with Gasteiger partial charge in [0.15, 0.2) is 5.82 Å². The zero-order valence-corrected chi connectivity index (χ0v) is 11.8. The van der Waals surface area contributed by atoms with Gasteiger partial charge in [0.25, 0.3) is 0 Å². The molecule has 0 amide bonds. The number of fused-ring (bicyclic) bond motifs is 1. The Labute approximate surface area is 114 Å². The highest BCUT2D eigenvalue weighted by Gasteiger charge is 2.37. The Balaban J connectivity index is 1.67. The molecule has 5 nitrogen and oxygen atoms in total. The lowest BCUT2D eigenvalue weighted by Crippen LogP contribution is -2.38. The number of nitrogens with two attached hydrogens (primary N) is 1. The Morgan fingerprint density at radius 2 is 2.32 bits per heavy atom. The number of aryl methyl sites for hydroxylation is 1. The second-order valence-electron chi connectivity index (χ2n) is 6.16. The average Bonchev–Trinajstić information content (AvgIpc) is 3.01. The molecule has 2 heterocycles. The zero-order chi connectivity index (χ0) is 13.3. The molecule has 5 heteroatoms. The molecule has 19 heavy (non-hydrogen) atoms. The van der Waals surface area contributed by atoms with Crippen LogP contribution in [0.5, 0.6) is 0 Å². The second-order valence-corrected chi connectivity index (χ2v) is 6.16. The lowest BCUT2D eigenvalue weighted by molar-refractivity contribution is -0.0509. The number of ether oxygens (including phenoxy) is 1. The van der Waals surface area contributed by atoms with E-state index in [0.717, 1.165) is 43.4 Å². The van der Waals surface area contributed by atoms with Crippen LogP contribution in [-0.2, 0) is 24.3 Å². The van der Waals surface area contributed by atoms with E-state index < -0.39 is 0 Å². The molecule has 0 saturated heterocycles. The molecule has 1 aliphatic heterocycles. The van der Waals surface area contributed by atoms with E-state index in [2.05, 4.69) is 21.7 Å². The first-order valence-electron chi connectivity index (χ1n) is 7.47. The molecule has 1 aromatic rings. The Bertz CT molecular complexity index is 445. The minimum atomic E-state index is -0.125. The van der Waals surface area contributed by atoms with Crippen LogP contribution in [0.2, 0.25) is 0 Å². The summed E-state index contributed by atoms with van der Waals surface area (Å²) in [5.41, 5.74) is 5.82. The van der Waals surface area contributed by atoms with Crippen LogP contribution in [0.15, 0.2) is 0 Å². The third-order valence-electron chi connectivity index (χ3n) is 4.63. The van der Waals surface area contributed by atoms with Crippen molar-refractivity contribution in [2.24, 2.45) is 11.7 Å². The lowest BCUT2D eigenvalue weighted by Gasteiger charge is -2.28. The summed E-state index contributed by atoms with van der Waals surface area (Å²) in [6, 6.07) is 0. The Morgan fingerprint density at radius 3 is 3.05 bits per heavy atom. The molecule has 0 radical (unpaired) electrons. The van der Waals surface area contributed by atoms with Crippen LogP contribution >= 0.6 is 0 Å². The summed E-state index contributed by atoms with van der Waals surface area (Å²) >= 11 is 0. The normalized spacial score (nSPS) is 30.5. The summed E-state index contributed by atoms with van der Waals surface area (Å²) in [6.07, 6.45) is 6.86. The third-order valence-corrected chi connectivity index (χ3v) is 4.63. The van der Waals surface area contributed by atoms with Crippen molar-refractivity contribution in [2.75, 3.05) is 6.54 Å². The molecule has 2 N–H and O–H groups in total. The van der Waals surface area contributed by atoms with Gasteiger partial charge in [0, 0.05) is 19.5 Å². The van der Waals surface area contributed by atoms with Crippen LogP contribution in [0.1, 0.15) is 50.7 Å². The Kier molecular flexibility index (Phi) is 3.58. The van der Waals surface area contributed by atoms with Crippen LogP contribution in [0.3, 0.4) is 0 Å². The standard InChI is InChI=1S/C14H24N4O/c1-11-5-6-14(8-11,10-15)19-9-13-17-16-12-4-2-3-7-18(12)13/h11H,2-10,15H2,1H3. The molecule has 106 valence electrons. The van der Waals surface area contributed by atoms with Gasteiger partial charge in [-0.3, -0.25) is 0 Å². The topological polar surface area (TPSA) is 66.0 Å².